The van der Waals surface area contributed by atoms with Gasteiger partial charge in [0.25, 0.3) is 0 Å². The lowest BCUT2D eigenvalue weighted by molar-refractivity contribution is 0.181. The average Bonchev–Trinajstić information content (AvgIpc) is 2.81. The van der Waals surface area contributed by atoms with Gasteiger partial charge in [0.2, 0.25) is 5.95 Å². The van der Waals surface area contributed by atoms with Crippen LogP contribution >= 0.6 is 0 Å². The monoisotopic (exact) mass is 426 g/mol. The van der Waals surface area contributed by atoms with Gasteiger partial charge in [0.15, 0.2) is 0 Å². The SMILES string of the molecule is COCc1cccc(CN=CC(=NN)c2cc(-c3cccc4cccnc34)nc(N)n2)n1. The van der Waals surface area contributed by atoms with Gasteiger partial charge in [0, 0.05) is 24.3 Å². The van der Waals surface area contributed by atoms with Crippen LogP contribution in [0.15, 0.2) is 70.9 Å². The van der Waals surface area contributed by atoms with Crippen LogP contribution in [0.2, 0.25) is 0 Å². The van der Waals surface area contributed by atoms with Crippen LogP contribution in [0.3, 0.4) is 0 Å². The Morgan fingerprint density at radius 2 is 1.84 bits per heavy atom. The molecule has 0 aliphatic carbocycles. The van der Waals surface area contributed by atoms with E-state index in [0.29, 0.717) is 30.3 Å². The molecule has 0 aliphatic rings. The van der Waals surface area contributed by atoms with Crippen LogP contribution in [0, 0.1) is 0 Å². The third-order valence-electron chi connectivity index (χ3n) is 4.68. The maximum atomic E-state index is 5.99. The molecule has 0 saturated carbocycles. The molecule has 0 fully saturated rings. The number of ether oxygens (including phenoxy) is 1. The number of hydrazone groups is 1. The molecule has 1 aromatic carbocycles. The molecule has 9 nitrogen and oxygen atoms in total. The molecular weight excluding hydrogens is 404 g/mol. The Morgan fingerprint density at radius 1 is 1.03 bits per heavy atom. The molecule has 0 spiro atoms. The summed E-state index contributed by atoms with van der Waals surface area (Å²) in [5.74, 6) is 5.73. The van der Waals surface area contributed by atoms with Crippen LogP contribution < -0.4 is 11.6 Å². The van der Waals surface area contributed by atoms with Crippen LogP contribution in [-0.4, -0.2) is 39.0 Å². The van der Waals surface area contributed by atoms with Crippen molar-refractivity contribution >= 4 is 28.8 Å². The third kappa shape index (κ3) is 4.73. The first-order chi connectivity index (χ1) is 15.7. The zero-order chi connectivity index (χ0) is 22.3. The van der Waals surface area contributed by atoms with E-state index in [-0.39, 0.29) is 5.95 Å². The zero-order valence-electron chi connectivity index (χ0n) is 17.5. The molecule has 32 heavy (non-hydrogen) atoms. The van der Waals surface area contributed by atoms with Crippen molar-refractivity contribution in [2.24, 2.45) is 15.9 Å². The molecule has 4 aromatic rings. The van der Waals surface area contributed by atoms with Gasteiger partial charge in [0.05, 0.1) is 47.7 Å². The minimum Gasteiger partial charge on any atom is -0.378 e. The molecule has 0 saturated heterocycles. The van der Waals surface area contributed by atoms with Crippen molar-refractivity contribution in [3.05, 3.63) is 77.9 Å². The number of pyridine rings is 2. The number of nitrogen functional groups attached to an aromatic ring is 1. The number of anilines is 1. The number of fused-ring (bicyclic) bond motifs is 1. The molecule has 0 atom stereocenters. The second-order valence-corrected chi connectivity index (χ2v) is 6.91. The molecule has 0 amide bonds. The smallest absolute Gasteiger partial charge is 0.221 e. The number of aliphatic imine (C=N–C) groups is 1. The van der Waals surface area contributed by atoms with E-state index < -0.39 is 0 Å². The van der Waals surface area contributed by atoms with Gasteiger partial charge < -0.3 is 16.3 Å². The summed E-state index contributed by atoms with van der Waals surface area (Å²) in [7, 11) is 1.63. The van der Waals surface area contributed by atoms with Crippen molar-refractivity contribution < 1.29 is 4.74 Å². The first-order valence-electron chi connectivity index (χ1n) is 9.88. The molecule has 3 aromatic heterocycles. The summed E-state index contributed by atoms with van der Waals surface area (Å²) in [5, 5.41) is 4.84. The molecule has 0 aliphatic heterocycles. The van der Waals surface area contributed by atoms with Crippen LogP contribution in [0.1, 0.15) is 17.1 Å². The highest BCUT2D eigenvalue weighted by molar-refractivity contribution is 6.37. The van der Waals surface area contributed by atoms with Crippen LogP contribution in [0.5, 0.6) is 0 Å². The Morgan fingerprint density at radius 3 is 2.69 bits per heavy atom. The van der Waals surface area contributed by atoms with Crippen LogP contribution in [0.4, 0.5) is 5.95 Å². The lowest BCUT2D eigenvalue weighted by Crippen LogP contribution is -2.11. The fourth-order valence-electron chi connectivity index (χ4n) is 3.28. The molecule has 9 heteroatoms. The molecule has 0 bridgehead atoms. The van der Waals surface area contributed by atoms with Gasteiger partial charge in [-0.15, -0.1) is 0 Å². The second kappa shape index (κ2) is 9.71. The molecule has 4 N–H and O–H groups in total. The largest absolute Gasteiger partial charge is 0.378 e. The quantitative estimate of drug-likeness (QED) is 0.263. The van der Waals surface area contributed by atoms with Gasteiger partial charge in [0.1, 0.15) is 5.71 Å². The molecule has 160 valence electrons. The lowest BCUT2D eigenvalue weighted by atomic mass is 10.1. The van der Waals surface area contributed by atoms with Crippen LogP contribution in [-0.2, 0) is 17.9 Å². The number of hydrogen-bond acceptors (Lipinski definition) is 9. The van der Waals surface area contributed by atoms with Gasteiger partial charge in [-0.05, 0) is 24.3 Å². The van der Waals surface area contributed by atoms with Crippen molar-refractivity contribution in [2.75, 3.05) is 12.8 Å². The predicted octanol–water partition coefficient (Wildman–Crippen LogP) is 2.75. The summed E-state index contributed by atoms with van der Waals surface area (Å²) in [5.41, 5.74) is 10.8. The topological polar surface area (TPSA) is 138 Å². The van der Waals surface area contributed by atoms with Crippen molar-refractivity contribution in [3.8, 4) is 11.3 Å². The minimum atomic E-state index is 0.105. The Labute approximate surface area is 184 Å². The fraction of sp³-hybridized carbons (Fsp3) is 0.130. The number of nitrogens with zero attached hydrogens (tertiary/aromatic N) is 6. The lowest BCUT2D eigenvalue weighted by Gasteiger charge is -2.08. The van der Waals surface area contributed by atoms with Gasteiger partial charge in [-0.2, -0.15) is 5.10 Å². The Bertz CT molecular complexity index is 1300. The predicted molar refractivity (Wildman–Crippen MR) is 125 cm³/mol. The maximum absolute atomic E-state index is 5.99. The normalized spacial score (nSPS) is 12.0. The molecular formula is C23H22N8O. The molecule has 0 radical (unpaired) electrons. The number of aromatic nitrogens is 4. The summed E-state index contributed by atoms with van der Waals surface area (Å²) < 4.78 is 5.12. The van der Waals surface area contributed by atoms with E-state index in [1.165, 1.54) is 0 Å². The highest BCUT2D eigenvalue weighted by atomic mass is 16.5. The van der Waals surface area contributed by atoms with Gasteiger partial charge in [-0.25, -0.2) is 9.97 Å². The van der Waals surface area contributed by atoms with Crippen molar-refractivity contribution in [3.63, 3.8) is 0 Å². The summed E-state index contributed by atoms with van der Waals surface area (Å²) >= 11 is 0. The third-order valence-corrected chi connectivity index (χ3v) is 4.68. The average molecular weight is 426 g/mol. The fourth-order valence-corrected chi connectivity index (χ4v) is 3.28. The van der Waals surface area contributed by atoms with E-state index in [9.17, 15) is 0 Å². The summed E-state index contributed by atoms with van der Waals surface area (Å²) in [6, 6.07) is 17.2. The zero-order valence-corrected chi connectivity index (χ0v) is 17.5. The van der Waals surface area contributed by atoms with Gasteiger partial charge >= 0.3 is 0 Å². The number of nitrogens with two attached hydrogens (primary N) is 2. The van der Waals surface area contributed by atoms with E-state index >= 15 is 0 Å². The van der Waals surface area contributed by atoms with Crippen molar-refractivity contribution in [1.82, 2.24) is 19.9 Å². The number of para-hydroxylation sites is 1. The highest BCUT2D eigenvalue weighted by Gasteiger charge is 2.12. The van der Waals surface area contributed by atoms with E-state index in [2.05, 4.69) is 30.0 Å². The molecule has 3 heterocycles. The van der Waals surface area contributed by atoms with Gasteiger partial charge in [-0.1, -0.05) is 30.3 Å². The van der Waals surface area contributed by atoms with Crippen molar-refractivity contribution in [2.45, 2.75) is 13.2 Å². The van der Waals surface area contributed by atoms with E-state index in [1.807, 2.05) is 48.5 Å². The van der Waals surface area contributed by atoms with Crippen molar-refractivity contribution in [1.29, 1.82) is 0 Å². The maximum Gasteiger partial charge on any atom is 0.221 e. The number of hydrogen-bond donors (Lipinski definition) is 2. The molecule has 0 unspecified atom stereocenters. The van der Waals surface area contributed by atoms with E-state index in [4.69, 9.17) is 16.3 Å². The van der Waals surface area contributed by atoms with E-state index in [0.717, 1.165) is 27.9 Å². The highest BCUT2D eigenvalue weighted by Crippen LogP contribution is 2.26. The summed E-state index contributed by atoms with van der Waals surface area (Å²) in [6.45, 7) is 0.802. The summed E-state index contributed by atoms with van der Waals surface area (Å²) in [4.78, 5) is 22.1. The van der Waals surface area contributed by atoms with Crippen LogP contribution in [0.25, 0.3) is 22.2 Å². The van der Waals surface area contributed by atoms with E-state index in [1.54, 1.807) is 25.6 Å². The molecule has 4 rings (SSSR count). The minimum absolute atomic E-state index is 0.105. The Hall–Kier alpha value is -4.24. The first-order valence-corrected chi connectivity index (χ1v) is 9.88. The van der Waals surface area contributed by atoms with Gasteiger partial charge in [-0.3, -0.25) is 15.0 Å². The Balaban J connectivity index is 1.62. The second-order valence-electron chi connectivity index (χ2n) is 6.91. The number of rotatable bonds is 7. The Kier molecular flexibility index (Phi) is 6.38. The summed E-state index contributed by atoms with van der Waals surface area (Å²) in [6.07, 6.45) is 3.30. The standard InChI is InChI=1S/C23H22N8O/c1-32-14-17-8-3-7-16(28-17)12-26-13-21(31-25)20-11-19(29-23(24)30-20)18-9-2-5-15-6-4-10-27-22(15)18/h2-11,13H,12,14,25H2,1H3,(H2,24,29,30). The first kappa shape index (κ1) is 21.0. The number of benzene rings is 1. The number of methoxy groups -OCH3 is 1.